The summed E-state index contributed by atoms with van der Waals surface area (Å²) in [6, 6.07) is 7.89. The lowest BCUT2D eigenvalue weighted by Crippen LogP contribution is -2.29. The molecule has 0 bridgehead atoms. The van der Waals surface area contributed by atoms with Crippen LogP contribution in [0, 0.1) is 6.92 Å². The largest absolute Gasteiger partial charge is 0.456 e. The molecule has 1 aliphatic heterocycles. The van der Waals surface area contributed by atoms with Crippen molar-refractivity contribution < 1.29 is 18.3 Å². The molecule has 0 aliphatic carbocycles. The molecule has 0 aromatic heterocycles. The van der Waals surface area contributed by atoms with E-state index in [9.17, 15) is 13.6 Å². The maximum absolute atomic E-state index is 13.0. The molecule has 2 atom stereocenters. The third-order valence-corrected chi connectivity index (χ3v) is 3.36. The lowest BCUT2D eigenvalue weighted by Gasteiger charge is -2.18. The van der Waals surface area contributed by atoms with Crippen molar-refractivity contribution in [2.45, 2.75) is 38.3 Å². The Hall–Kier alpha value is -1.49. The van der Waals surface area contributed by atoms with Crippen molar-refractivity contribution in [3.8, 4) is 0 Å². The summed E-state index contributed by atoms with van der Waals surface area (Å²) in [5.74, 6) is -4.75. The highest BCUT2D eigenvalue weighted by molar-refractivity contribution is 5.79. The summed E-state index contributed by atoms with van der Waals surface area (Å²) in [6.07, 6.45) is -1.30. The van der Waals surface area contributed by atoms with E-state index < -0.39 is 24.4 Å². The minimum atomic E-state index is -3.34. The molecule has 2 unspecified atom stereocenters. The van der Waals surface area contributed by atoms with Gasteiger partial charge in [0, 0.05) is 12.6 Å². The maximum Gasteiger partial charge on any atom is 0.377 e. The zero-order valence-electron chi connectivity index (χ0n) is 11.0. The van der Waals surface area contributed by atoms with Crippen molar-refractivity contribution in [2.24, 2.45) is 0 Å². The third kappa shape index (κ3) is 3.10. The fourth-order valence-corrected chi connectivity index (χ4v) is 2.25. The number of hydrogen-bond acceptors (Lipinski definition) is 3. The number of carbonyl (C=O) groups excluding carboxylic acids is 1. The third-order valence-electron chi connectivity index (χ3n) is 3.36. The van der Waals surface area contributed by atoms with Gasteiger partial charge in [-0.25, -0.2) is 4.79 Å². The topological polar surface area (TPSA) is 38.3 Å². The van der Waals surface area contributed by atoms with Gasteiger partial charge in [-0.3, -0.25) is 0 Å². The van der Waals surface area contributed by atoms with Crippen molar-refractivity contribution in [3.63, 3.8) is 0 Å². The highest BCUT2D eigenvalue weighted by Gasteiger charge is 2.50. The average molecular weight is 269 g/mol. The van der Waals surface area contributed by atoms with Gasteiger partial charge >= 0.3 is 11.9 Å². The number of hydrogen-bond donors (Lipinski definition) is 1. The summed E-state index contributed by atoms with van der Waals surface area (Å²) in [7, 11) is 0. The van der Waals surface area contributed by atoms with Crippen molar-refractivity contribution in [1.29, 1.82) is 0 Å². The van der Waals surface area contributed by atoms with Gasteiger partial charge in [-0.2, -0.15) is 8.78 Å². The van der Waals surface area contributed by atoms with E-state index in [2.05, 4.69) is 10.1 Å². The number of aryl methyl sites for hydroxylation is 1. The van der Waals surface area contributed by atoms with Crippen LogP contribution in [0.25, 0.3) is 0 Å². The zero-order chi connectivity index (χ0) is 14.0. The zero-order valence-corrected chi connectivity index (χ0v) is 11.0. The van der Waals surface area contributed by atoms with Crippen LogP contribution < -0.4 is 5.32 Å². The number of ether oxygens (including phenoxy) is 1. The van der Waals surface area contributed by atoms with E-state index in [-0.39, 0.29) is 12.6 Å². The first kappa shape index (κ1) is 13.9. The number of cyclic esters (lactones) is 1. The molecule has 0 radical (unpaired) electrons. The second-order valence-corrected chi connectivity index (χ2v) is 4.92. The number of benzene rings is 1. The van der Waals surface area contributed by atoms with Crippen LogP contribution in [0.1, 0.15) is 30.5 Å². The maximum atomic E-state index is 13.0. The van der Waals surface area contributed by atoms with Crippen LogP contribution in [0.2, 0.25) is 0 Å². The molecular weight excluding hydrogens is 252 g/mol. The lowest BCUT2D eigenvalue weighted by atomic mass is 10.0. The van der Waals surface area contributed by atoms with Crippen LogP contribution in [-0.2, 0) is 9.53 Å². The Balaban J connectivity index is 1.90. The van der Waals surface area contributed by atoms with Crippen molar-refractivity contribution in [2.75, 3.05) is 6.54 Å². The molecule has 0 amide bonds. The normalized spacial score (nSPS) is 23.2. The number of halogens is 2. The molecule has 1 aromatic rings. The van der Waals surface area contributed by atoms with E-state index in [0.29, 0.717) is 0 Å². The summed E-state index contributed by atoms with van der Waals surface area (Å²) in [5.41, 5.74) is 2.25. The van der Waals surface area contributed by atoms with E-state index in [4.69, 9.17) is 0 Å². The van der Waals surface area contributed by atoms with E-state index >= 15 is 0 Å². The lowest BCUT2D eigenvalue weighted by molar-refractivity contribution is -0.159. The van der Waals surface area contributed by atoms with Crippen molar-refractivity contribution in [1.82, 2.24) is 5.32 Å². The molecule has 1 aromatic carbocycles. The number of nitrogens with one attached hydrogen (secondary N) is 1. The SMILES string of the molecule is Cc1ccccc1C(C)NCC1CC(F)(F)C(=O)O1. The molecule has 1 fully saturated rings. The predicted octanol–water partition coefficient (Wildman–Crippen LogP) is 2.60. The molecule has 5 heteroatoms. The highest BCUT2D eigenvalue weighted by Crippen LogP contribution is 2.30. The molecule has 0 saturated carbocycles. The van der Waals surface area contributed by atoms with Crippen LogP contribution in [0.4, 0.5) is 8.78 Å². The first-order chi connectivity index (χ1) is 8.90. The van der Waals surface area contributed by atoms with Gasteiger partial charge < -0.3 is 10.1 Å². The molecule has 19 heavy (non-hydrogen) atoms. The summed E-state index contributed by atoms with van der Waals surface area (Å²) < 4.78 is 30.6. The number of alkyl halides is 2. The quantitative estimate of drug-likeness (QED) is 0.854. The Labute approximate surface area is 111 Å². The summed E-state index contributed by atoms with van der Waals surface area (Å²) in [6.45, 7) is 4.19. The predicted molar refractivity (Wildman–Crippen MR) is 67.0 cm³/mol. The second-order valence-electron chi connectivity index (χ2n) is 4.92. The average Bonchev–Trinajstić information content (AvgIpc) is 2.61. The van der Waals surface area contributed by atoms with Crippen LogP contribution >= 0.6 is 0 Å². The Morgan fingerprint density at radius 1 is 1.47 bits per heavy atom. The van der Waals surface area contributed by atoms with Crippen LogP contribution in [-0.4, -0.2) is 24.5 Å². The second kappa shape index (κ2) is 5.25. The fourth-order valence-electron chi connectivity index (χ4n) is 2.25. The minimum Gasteiger partial charge on any atom is -0.456 e. The van der Waals surface area contributed by atoms with Gasteiger partial charge in [-0.15, -0.1) is 0 Å². The van der Waals surface area contributed by atoms with Crippen molar-refractivity contribution >= 4 is 5.97 Å². The van der Waals surface area contributed by atoms with Crippen LogP contribution in [0.5, 0.6) is 0 Å². The fraction of sp³-hybridized carbons (Fsp3) is 0.500. The van der Waals surface area contributed by atoms with E-state index in [0.717, 1.165) is 11.1 Å². The molecular formula is C14H17F2NO2. The van der Waals surface area contributed by atoms with Crippen molar-refractivity contribution in [3.05, 3.63) is 35.4 Å². The minimum absolute atomic E-state index is 0.0223. The molecule has 1 saturated heterocycles. The molecule has 1 N–H and O–H groups in total. The number of esters is 1. The summed E-state index contributed by atoms with van der Waals surface area (Å²) >= 11 is 0. The van der Waals surface area contributed by atoms with Gasteiger partial charge in [0.1, 0.15) is 6.10 Å². The van der Waals surface area contributed by atoms with Gasteiger partial charge in [0.15, 0.2) is 0 Å². The van der Waals surface area contributed by atoms with Gasteiger partial charge in [0.25, 0.3) is 0 Å². The molecule has 1 aliphatic rings. The van der Waals surface area contributed by atoms with E-state index in [1.807, 2.05) is 38.1 Å². The number of carbonyl (C=O) groups is 1. The van der Waals surface area contributed by atoms with Gasteiger partial charge in [0.2, 0.25) is 0 Å². The first-order valence-electron chi connectivity index (χ1n) is 6.28. The van der Waals surface area contributed by atoms with Crippen LogP contribution in [0.3, 0.4) is 0 Å². The number of rotatable bonds is 4. The Bertz CT molecular complexity index is 476. The van der Waals surface area contributed by atoms with E-state index in [1.165, 1.54) is 0 Å². The molecule has 2 rings (SSSR count). The molecule has 1 heterocycles. The Kier molecular flexibility index (Phi) is 3.85. The molecule has 0 spiro atoms. The van der Waals surface area contributed by atoms with Gasteiger partial charge in [-0.1, -0.05) is 24.3 Å². The molecule has 104 valence electrons. The Morgan fingerprint density at radius 2 is 2.16 bits per heavy atom. The Morgan fingerprint density at radius 3 is 2.74 bits per heavy atom. The van der Waals surface area contributed by atoms with Crippen LogP contribution in [0.15, 0.2) is 24.3 Å². The summed E-state index contributed by atoms with van der Waals surface area (Å²) in [5, 5.41) is 3.13. The smallest absolute Gasteiger partial charge is 0.377 e. The molecule has 3 nitrogen and oxygen atoms in total. The standard InChI is InChI=1S/C14H17F2NO2/c1-9-5-3-4-6-12(9)10(2)17-8-11-7-14(15,16)13(18)19-11/h3-6,10-11,17H,7-8H2,1-2H3. The van der Waals surface area contributed by atoms with E-state index in [1.54, 1.807) is 0 Å². The van der Waals surface area contributed by atoms with Gasteiger partial charge in [-0.05, 0) is 25.0 Å². The summed E-state index contributed by atoms with van der Waals surface area (Å²) in [4.78, 5) is 10.9. The highest BCUT2D eigenvalue weighted by atomic mass is 19.3. The van der Waals surface area contributed by atoms with Gasteiger partial charge in [0.05, 0.1) is 6.42 Å². The monoisotopic (exact) mass is 269 g/mol. The first-order valence-corrected chi connectivity index (χ1v) is 6.28.